The van der Waals surface area contributed by atoms with E-state index in [-0.39, 0.29) is 11.5 Å². The molecule has 1 saturated carbocycles. The Kier molecular flexibility index (Phi) is 6.51. The summed E-state index contributed by atoms with van der Waals surface area (Å²) in [5.74, 6) is 1.74. The van der Waals surface area contributed by atoms with Crippen molar-refractivity contribution in [3.63, 3.8) is 0 Å². The van der Waals surface area contributed by atoms with Gasteiger partial charge < -0.3 is 14.2 Å². The van der Waals surface area contributed by atoms with E-state index in [1.54, 1.807) is 17.0 Å². The molecule has 2 heterocycles. The van der Waals surface area contributed by atoms with Crippen LogP contribution in [-0.4, -0.2) is 52.9 Å². The topological polar surface area (TPSA) is 81.5 Å². The van der Waals surface area contributed by atoms with E-state index in [1.165, 1.54) is 12.8 Å². The van der Waals surface area contributed by atoms with Gasteiger partial charge in [-0.25, -0.2) is 18.2 Å². The Bertz CT molecular complexity index is 1160. The number of piperidine rings is 1. The van der Waals surface area contributed by atoms with Crippen LogP contribution in [0.1, 0.15) is 73.1 Å². The van der Waals surface area contributed by atoms with Crippen LogP contribution >= 0.6 is 0 Å². The summed E-state index contributed by atoms with van der Waals surface area (Å²) in [4.78, 5) is 19.2. The molecule has 1 aromatic heterocycles. The molecule has 0 radical (unpaired) electrons. The molecule has 2 aliphatic rings. The number of sulfone groups is 1. The van der Waals surface area contributed by atoms with Gasteiger partial charge in [0.15, 0.2) is 9.84 Å². The lowest BCUT2D eigenvalue weighted by Gasteiger charge is -2.33. The van der Waals surface area contributed by atoms with Crippen molar-refractivity contribution in [1.82, 2.24) is 14.5 Å². The van der Waals surface area contributed by atoms with Crippen LogP contribution in [0.25, 0.3) is 11.0 Å². The zero-order valence-electron chi connectivity index (χ0n) is 21.4. The maximum Gasteiger partial charge on any atom is 0.410 e. The van der Waals surface area contributed by atoms with Gasteiger partial charge in [-0.05, 0) is 76.0 Å². The number of nitrogens with zero attached hydrogens (tertiary/aromatic N) is 3. The molecule has 0 spiro atoms. The van der Waals surface area contributed by atoms with Crippen molar-refractivity contribution in [2.24, 2.45) is 11.3 Å². The maximum atomic E-state index is 13.5. The molecule has 188 valence electrons. The molecule has 8 heteroatoms. The molecular formula is C26H39N3O4S. The minimum absolute atomic E-state index is 0.0969. The average Bonchev–Trinajstić information content (AvgIpc) is 3.48. The highest BCUT2D eigenvalue weighted by atomic mass is 32.2. The molecule has 1 aromatic carbocycles. The highest BCUT2D eigenvalue weighted by Gasteiger charge is 2.35. The normalized spacial score (nSPS) is 18.5. The molecule has 1 amide bonds. The zero-order valence-corrected chi connectivity index (χ0v) is 22.2. The molecule has 0 N–H and O–H groups in total. The monoisotopic (exact) mass is 489 g/mol. The minimum Gasteiger partial charge on any atom is -0.444 e. The summed E-state index contributed by atoms with van der Waals surface area (Å²) in [5, 5.41) is -0.508. The number of hydrogen-bond donors (Lipinski definition) is 0. The molecule has 1 aliphatic heterocycles. The Morgan fingerprint density at radius 2 is 1.71 bits per heavy atom. The summed E-state index contributed by atoms with van der Waals surface area (Å²) in [5.41, 5.74) is 1.31. The fourth-order valence-electron chi connectivity index (χ4n) is 4.58. The first-order valence-corrected chi connectivity index (χ1v) is 14.0. The number of rotatable bonds is 5. The molecule has 7 nitrogen and oxygen atoms in total. The van der Waals surface area contributed by atoms with E-state index in [4.69, 9.17) is 9.72 Å². The van der Waals surface area contributed by atoms with Gasteiger partial charge in [0.1, 0.15) is 11.4 Å². The molecule has 0 bridgehead atoms. The van der Waals surface area contributed by atoms with Crippen molar-refractivity contribution in [2.75, 3.05) is 13.1 Å². The minimum atomic E-state index is -3.52. The fraction of sp³-hybridized carbons (Fsp3) is 0.692. The summed E-state index contributed by atoms with van der Waals surface area (Å²) >= 11 is 0. The first-order valence-electron chi connectivity index (χ1n) is 12.4. The van der Waals surface area contributed by atoms with Crippen LogP contribution in [0.3, 0.4) is 0 Å². The van der Waals surface area contributed by atoms with Crippen molar-refractivity contribution in [2.45, 2.75) is 95.9 Å². The van der Waals surface area contributed by atoms with Crippen LogP contribution in [0.5, 0.6) is 0 Å². The van der Waals surface area contributed by atoms with Gasteiger partial charge in [0.2, 0.25) is 0 Å². The number of fused-ring (bicyclic) bond motifs is 1. The first kappa shape index (κ1) is 25.0. The second-order valence-electron chi connectivity index (χ2n) is 12.2. The van der Waals surface area contributed by atoms with Crippen LogP contribution in [0.4, 0.5) is 4.79 Å². The number of ether oxygens (including phenoxy) is 1. The summed E-state index contributed by atoms with van der Waals surface area (Å²) in [6.07, 6.45) is 3.79. The Morgan fingerprint density at radius 1 is 1.06 bits per heavy atom. The lowest BCUT2D eigenvalue weighted by atomic mass is 9.92. The van der Waals surface area contributed by atoms with Crippen LogP contribution in [-0.2, 0) is 27.5 Å². The van der Waals surface area contributed by atoms with Crippen LogP contribution in [0.2, 0.25) is 0 Å². The predicted molar refractivity (Wildman–Crippen MR) is 134 cm³/mol. The third-order valence-corrected chi connectivity index (χ3v) is 8.75. The van der Waals surface area contributed by atoms with E-state index in [0.29, 0.717) is 36.7 Å². The van der Waals surface area contributed by atoms with E-state index in [2.05, 4.69) is 25.3 Å². The second kappa shape index (κ2) is 8.85. The molecule has 34 heavy (non-hydrogen) atoms. The Hall–Kier alpha value is -2.09. The van der Waals surface area contributed by atoms with E-state index >= 15 is 0 Å². The Morgan fingerprint density at radius 3 is 2.26 bits per heavy atom. The SMILES string of the molecule is CC(C)(C)Cc1nc2cc(S(=O)(=O)C3CCN(C(=O)OC(C)(C)C)CC3)ccc2n1CC1CC1. The number of hydrogen-bond acceptors (Lipinski definition) is 5. The molecule has 0 unspecified atom stereocenters. The number of carbonyl (C=O) groups is 1. The van der Waals surface area contributed by atoms with Crippen molar-refractivity contribution in [1.29, 1.82) is 0 Å². The van der Waals surface area contributed by atoms with Gasteiger partial charge in [-0.3, -0.25) is 0 Å². The quantitative estimate of drug-likeness (QED) is 0.576. The number of benzene rings is 1. The first-order chi connectivity index (χ1) is 15.7. The van der Waals surface area contributed by atoms with E-state index in [0.717, 1.165) is 29.8 Å². The van der Waals surface area contributed by atoms with E-state index < -0.39 is 20.7 Å². The summed E-state index contributed by atoms with van der Waals surface area (Å²) in [6.45, 7) is 13.8. The largest absolute Gasteiger partial charge is 0.444 e. The lowest BCUT2D eigenvalue weighted by Crippen LogP contribution is -2.44. The number of likely N-dealkylation sites (tertiary alicyclic amines) is 1. The lowest BCUT2D eigenvalue weighted by molar-refractivity contribution is 0.0217. The molecule has 2 fully saturated rings. The fourth-order valence-corrected chi connectivity index (χ4v) is 6.33. The highest BCUT2D eigenvalue weighted by Crippen LogP contribution is 2.35. The third kappa shape index (κ3) is 5.75. The van der Waals surface area contributed by atoms with Crippen LogP contribution in [0.15, 0.2) is 23.1 Å². The number of aromatic nitrogens is 2. The van der Waals surface area contributed by atoms with Gasteiger partial charge in [-0.15, -0.1) is 0 Å². The summed E-state index contributed by atoms with van der Waals surface area (Å²) in [6, 6.07) is 5.42. The highest BCUT2D eigenvalue weighted by molar-refractivity contribution is 7.92. The van der Waals surface area contributed by atoms with Gasteiger partial charge in [0.25, 0.3) is 0 Å². The molecule has 2 aromatic rings. The number of imidazole rings is 1. The summed E-state index contributed by atoms with van der Waals surface area (Å²) in [7, 11) is -3.52. The van der Waals surface area contributed by atoms with Gasteiger partial charge >= 0.3 is 6.09 Å². The zero-order chi connectivity index (χ0) is 24.9. The predicted octanol–water partition coefficient (Wildman–Crippen LogP) is 5.21. The van der Waals surface area contributed by atoms with Gasteiger partial charge in [-0.1, -0.05) is 20.8 Å². The third-order valence-electron chi connectivity index (χ3n) is 6.49. The molecular weight excluding hydrogens is 450 g/mol. The molecule has 0 atom stereocenters. The van der Waals surface area contributed by atoms with Gasteiger partial charge in [0.05, 0.1) is 21.2 Å². The summed E-state index contributed by atoms with van der Waals surface area (Å²) < 4.78 is 34.7. The maximum absolute atomic E-state index is 13.5. The van der Waals surface area contributed by atoms with Crippen LogP contribution in [0, 0.1) is 11.3 Å². The van der Waals surface area contributed by atoms with E-state index in [9.17, 15) is 13.2 Å². The van der Waals surface area contributed by atoms with Crippen molar-refractivity contribution < 1.29 is 17.9 Å². The van der Waals surface area contributed by atoms with E-state index in [1.807, 2.05) is 26.8 Å². The van der Waals surface area contributed by atoms with Gasteiger partial charge in [-0.2, -0.15) is 0 Å². The average molecular weight is 490 g/mol. The smallest absolute Gasteiger partial charge is 0.410 e. The standard InChI is InChI=1S/C26H39N3O4S/c1-25(2,3)16-23-27-21-15-20(9-10-22(21)29(23)17-18-7-8-18)34(31,32)19-11-13-28(14-12-19)24(30)33-26(4,5)6/h9-10,15,18-19H,7-8,11-14,16-17H2,1-6H3. The molecule has 1 saturated heterocycles. The molecule has 1 aliphatic carbocycles. The Balaban J connectivity index is 1.54. The molecule has 4 rings (SSSR count). The number of amides is 1. The van der Waals surface area contributed by atoms with Crippen molar-refractivity contribution >= 4 is 27.0 Å². The number of carbonyl (C=O) groups excluding carboxylic acids is 1. The second-order valence-corrected chi connectivity index (χ2v) is 14.4. The van der Waals surface area contributed by atoms with Crippen molar-refractivity contribution in [3.05, 3.63) is 24.0 Å². The van der Waals surface area contributed by atoms with Crippen LogP contribution < -0.4 is 0 Å². The Labute approximate surface area is 203 Å². The van der Waals surface area contributed by atoms with Crippen molar-refractivity contribution in [3.8, 4) is 0 Å². The van der Waals surface area contributed by atoms with Gasteiger partial charge in [0, 0.05) is 26.1 Å².